The molecule has 1 aliphatic heterocycles. The number of hydrogen-bond donors (Lipinski definition) is 0. The van der Waals surface area contributed by atoms with Crippen LogP contribution in [0.4, 0.5) is 4.79 Å². The second kappa shape index (κ2) is 4.48. The van der Waals surface area contributed by atoms with Gasteiger partial charge in [0.25, 0.3) is 0 Å². The van der Waals surface area contributed by atoms with Gasteiger partial charge in [-0.25, -0.2) is 4.79 Å². The van der Waals surface area contributed by atoms with Gasteiger partial charge in [-0.15, -0.1) is 0 Å². The highest BCUT2D eigenvalue weighted by molar-refractivity contribution is 5.69. The minimum atomic E-state index is -0.387. The zero-order chi connectivity index (χ0) is 12.6. The van der Waals surface area contributed by atoms with Crippen molar-refractivity contribution in [2.45, 2.75) is 57.7 Å². The number of amides is 1. The molecule has 1 amide bonds. The van der Waals surface area contributed by atoms with Gasteiger partial charge >= 0.3 is 6.09 Å². The average molecular weight is 240 g/mol. The minimum absolute atomic E-state index is 0.171. The SMILES string of the molecule is CN(C1CCC1)C1CN(C(=O)OC(C)(C)C)C1. The maximum absolute atomic E-state index is 11.7. The standard InChI is InChI=1S/C13H24N2O2/c1-13(2,3)17-12(16)15-8-11(9-15)14(4)10-6-5-7-10/h10-11H,5-9H2,1-4H3. The number of ether oxygens (including phenoxy) is 1. The fraction of sp³-hybridized carbons (Fsp3) is 0.923. The van der Waals surface area contributed by atoms with Crippen LogP contribution in [-0.4, -0.2) is 53.7 Å². The summed E-state index contributed by atoms with van der Waals surface area (Å²) in [5.41, 5.74) is -0.387. The molecule has 1 aliphatic carbocycles. The van der Waals surface area contributed by atoms with E-state index in [2.05, 4.69) is 11.9 Å². The fourth-order valence-corrected chi connectivity index (χ4v) is 2.28. The number of likely N-dealkylation sites (N-methyl/N-ethyl adjacent to an activating group) is 1. The first-order valence-electron chi connectivity index (χ1n) is 6.57. The molecule has 4 heteroatoms. The summed E-state index contributed by atoms with van der Waals surface area (Å²) in [4.78, 5) is 16.0. The Labute approximate surface area is 104 Å². The molecular formula is C13H24N2O2. The molecule has 0 unspecified atom stereocenters. The summed E-state index contributed by atoms with van der Waals surface area (Å²) >= 11 is 0. The van der Waals surface area contributed by atoms with Crippen molar-refractivity contribution in [3.63, 3.8) is 0 Å². The Bertz CT molecular complexity index is 288. The van der Waals surface area contributed by atoms with Crippen molar-refractivity contribution in [3.05, 3.63) is 0 Å². The van der Waals surface area contributed by atoms with E-state index in [9.17, 15) is 4.79 Å². The van der Waals surface area contributed by atoms with Gasteiger partial charge in [-0.3, -0.25) is 4.90 Å². The van der Waals surface area contributed by atoms with Gasteiger partial charge in [0, 0.05) is 25.2 Å². The van der Waals surface area contributed by atoms with Crippen molar-refractivity contribution in [2.75, 3.05) is 20.1 Å². The first kappa shape index (κ1) is 12.7. The Kier molecular flexibility index (Phi) is 3.34. The molecule has 0 aromatic carbocycles. The molecule has 0 atom stereocenters. The fourth-order valence-electron chi connectivity index (χ4n) is 2.28. The van der Waals surface area contributed by atoms with E-state index >= 15 is 0 Å². The van der Waals surface area contributed by atoms with Gasteiger partial charge in [-0.1, -0.05) is 6.42 Å². The molecule has 0 aromatic rings. The predicted octanol–water partition coefficient (Wildman–Crippen LogP) is 2.09. The van der Waals surface area contributed by atoms with E-state index in [1.54, 1.807) is 4.90 Å². The van der Waals surface area contributed by atoms with E-state index in [1.807, 2.05) is 20.8 Å². The molecule has 17 heavy (non-hydrogen) atoms. The normalized spacial score (nSPS) is 22.3. The molecule has 1 saturated carbocycles. The molecule has 0 aromatic heterocycles. The van der Waals surface area contributed by atoms with Crippen LogP contribution in [0.5, 0.6) is 0 Å². The summed E-state index contributed by atoms with van der Waals surface area (Å²) in [6.07, 6.45) is 3.83. The van der Waals surface area contributed by atoms with E-state index in [0.717, 1.165) is 19.1 Å². The lowest BCUT2D eigenvalue weighted by Crippen LogP contribution is -2.63. The summed E-state index contributed by atoms with van der Waals surface area (Å²) in [5, 5.41) is 0. The van der Waals surface area contributed by atoms with Gasteiger partial charge in [0.15, 0.2) is 0 Å². The number of carbonyl (C=O) groups excluding carboxylic acids is 1. The average Bonchev–Trinajstić information content (AvgIpc) is 1.92. The molecule has 2 rings (SSSR count). The van der Waals surface area contributed by atoms with Crippen LogP contribution in [0.25, 0.3) is 0 Å². The van der Waals surface area contributed by atoms with Crippen molar-refractivity contribution in [3.8, 4) is 0 Å². The van der Waals surface area contributed by atoms with Crippen LogP contribution in [-0.2, 0) is 4.74 Å². The molecule has 0 radical (unpaired) electrons. The Morgan fingerprint density at radius 2 is 1.82 bits per heavy atom. The van der Waals surface area contributed by atoms with Gasteiger partial charge in [-0.05, 0) is 40.7 Å². The highest BCUT2D eigenvalue weighted by atomic mass is 16.6. The molecule has 1 saturated heterocycles. The first-order chi connectivity index (χ1) is 7.87. The lowest BCUT2D eigenvalue weighted by atomic mass is 9.90. The van der Waals surface area contributed by atoms with Gasteiger partial charge in [0.05, 0.1) is 0 Å². The zero-order valence-corrected chi connectivity index (χ0v) is 11.4. The van der Waals surface area contributed by atoms with Crippen molar-refractivity contribution >= 4 is 6.09 Å². The number of nitrogens with zero attached hydrogens (tertiary/aromatic N) is 2. The largest absolute Gasteiger partial charge is 0.444 e. The number of rotatable bonds is 2. The van der Waals surface area contributed by atoms with Crippen LogP contribution in [0.15, 0.2) is 0 Å². The van der Waals surface area contributed by atoms with Crippen LogP contribution in [0.2, 0.25) is 0 Å². The van der Waals surface area contributed by atoms with E-state index in [0.29, 0.717) is 6.04 Å². The van der Waals surface area contributed by atoms with Crippen molar-refractivity contribution in [1.29, 1.82) is 0 Å². The minimum Gasteiger partial charge on any atom is -0.444 e. The Morgan fingerprint density at radius 1 is 1.24 bits per heavy atom. The Morgan fingerprint density at radius 3 is 2.24 bits per heavy atom. The summed E-state index contributed by atoms with van der Waals surface area (Å²) in [6.45, 7) is 7.36. The van der Waals surface area contributed by atoms with Crippen LogP contribution in [0.3, 0.4) is 0 Å². The lowest BCUT2D eigenvalue weighted by molar-refractivity contribution is -0.0256. The van der Waals surface area contributed by atoms with E-state index in [4.69, 9.17) is 4.74 Å². The number of hydrogen-bond acceptors (Lipinski definition) is 3. The van der Waals surface area contributed by atoms with Crippen LogP contribution in [0, 0.1) is 0 Å². The monoisotopic (exact) mass is 240 g/mol. The number of carbonyl (C=O) groups is 1. The summed E-state index contributed by atoms with van der Waals surface area (Å²) < 4.78 is 5.34. The quantitative estimate of drug-likeness (QED) is 0.741. The lowest BCUT2D eigenvalue weighted by Gasteiger charge is -2.48. The first-order valence-corrected chi connectivity index (χ1v) is 6.57. The molecule has 2 fully saturated rings. The third-order valence-electron chi connectivity index (χ3n) is 3.74. The smallest absolute Gasteiger partial charge is 0.410 e. The Balaban J connectivity index is 1.72. The van der Waals surface area contributed by atoms with Crippen molar-refractivity contribution < 1.29 is 9.53 Å². The van der Waals surface area contributed by atoms with Gasteiger partial charge in [0.1, 0.15) is 5.60 Å². The van der Waals surface area contributed by atoms with Crippen molar-refractivity contribution in [2.24, 2.45) is 0 Å². The molecule has 0 spiro atoms. The molecule has 1 heterocycles. The van der Waals surface area contributed by atoms with E-state index in [1.165, 1.54) is 19.3 Å². The molecule has 0 bridgehead atoms. The third kappa shape index (κ3) is 2.92. The van der Waals surface area contributed by atoms with E-state index < -0.39 is 0 Å². The highest BCUT2D eigenvalue weighted by Gasteiger charge is 2.38. The highest BCUT2D eigenvalue weighted by Crippen LogP contribution is 2.28. The Hall–Kier alpha value is -0.770. The molecule has 4 nitrogen and oxygen atoms in total. The molecule has 2 aliphatic rings. The van der Waals surface area contributed by atoms with Crippen LogP contribution < -0.4 is 0 Å². The van der Waals surface area contributed by atoms with Gasteiger partial charge in [-0.2, -0.15) is 0 Å². The van der Waals surface area contributed by atoms with E-state index in [-0.39, 0.29) is 11.7 Å². The maximum atomic E-state index is 11.7. The van der Waals surface area contributed by atoms with Gasteiger partial charge in [0.2, 0.25) is 0 Å². The predicted molar refractivity (Wildman–Crippen MR) is 67.0 cm³/mol. The summed E-state index contributed by atoms with van der Waals surface area (Å²) in [5.74, 6) is 0. The molecule has 0 N–H and O–H groups in total. The van der Waals surface area contributed by atoms with Crippen molar-refractivity contribution in [1.82, 2.24) is 9.80 Å². The van der Waals surface area contributed by atoms with Crippen LogP contribution >= 0.6 is 0 Å². The topological polar surface area (TPSA) is 32.8 Å². The van der Waals surface area contributed by atoms with Crippen LogP contribution in [0.1, 0.15) is 40.0 Å². The molecule has 98 valence electrons. The summed E-state index contributed by atoms with van der Waals surface area (Å²) in [6, 6.07) is 1.29. The third-order valence-corrected chi connectivity index (χ3v) is 3.74. The number of likely N-dealkylation sites (tertiary alicyclic amines) is 1. The van der Waals surface area contributed by atoms with Gasteiger partial charge < -0.3 is 9.64 Å². The molecular weight excluding hydrogens is 216 g/mol. The summed E-state index contributed by atoms with van der Waals surface area (Å²) in [7, 11) is 2.18. The second-order valence-electron chi connectivity index (χ2n) is 6.29. The zero-order valence-electron chi connectivity index (χ0n) is 11.4. The maximum Gasteiger partial charge on any atom is 0.410 e. The second-order valence-corrected chi connectivity index (χ2v) is 6.29.